The highest BCUT2D eigenvalue weighted by Crippen LogP contribution is 2.41. The molecular weight excluding hydrogens is 526 g/mol. The number of aromatic nitrogens is 3. The molecule has 35 heavy (non-hydrogen) atoms. The van der Waals surface area contributed by atoms with Crippen LogP contribution in [0.5, 0.6) is 5.88 Å². The average molecular weight is 550 g/mol. The van der Waals surface area contributed by atoms with Gasteiger partial charge in [0.05, 0.1) is 17.2 Å². The van der Waals surface area contributed by atoms with Gasteiger partial charge < -0.3 is 9.52 Å². The second kappa shape index (κ2) is 9.58. The van der Waals surface area contributed by atoms with Crippen molar-refractivity contribution in [1.82, 2.24) is 24.4 Å². The number of hydrogen-bond donors (Lipinski definition) is 1. The number of thiazole rings is 1. The van der Waals surface area contributed by atoms with Crippen molar-refractivity contribution in [2.24, 2.45) is 0 Å². The largest absolute Gasteiger partial charge is 0.492 e. The van der Waals surface area contributed by atoms with Crippen molar-refractivity contribution in [3.8, 4) is 17.5 Å². The molecule has 5 aromatic rings. The van der Waals surface area contributed by atoms with Crippen LogP contribution in [0.25, 0.3) is 16.5 Å². The molecular formula is C26H24BrN5O2S. The fourth-order valence-corrected chi connectivity index (χ4v) is 6.01. The number of fused-ring (bicyclic) bond motifs is 1. The summed E-state index contributed by atoms with van der Waals surface area (Å²) >= 11 is 5.03. The van der Waals surface area contributed by atoms with Gasteiger partial charge in [-0.2, -0.15) is 9.50 Å². The van der Waals surface area contributed by atoms with E-state index in [1.54, 1.807) is 12.3 Å². The lowest BCUT2D eigenvalue weighted by Gasteiger charge is -2.39. The van der Waals surface area contributed by atoms with Gasteiger partial charge in [-0.15, -0.1) is 5.10 Å². The molecule has 0 spiro atoms. The number of hydrogen-bond acceptors (Lipinski definition) is 7. The highest BCUT2D eigenvalue weighted by Gasteiger charge is 2.32. The van der Waals surface area contributed by atoms with Crippen molar-refractivity contribution in [3.05, 3.63) is 93.5 Å². The molecule has 0 amide bonds. The SMILES string of the molecule is Oc1c([C@@H](c2ccc(Br)cc2)N2CCN(Cc3ccccc3)CC2)sc2nc(-c3ccco3)nn12. The molecule has 4 heterocycles. The van der Waals surface area contributed by atoms with E-state index in [1.165, 1.54) is 21.4 Å². The Bertz CT molecular complexity index is 1410. The molecule has 2 aromatic carbocycles. The third-order valence-electron chi connectivity index (χ3n) is 6.40. The van der Waals surface area contributed by atoms with E-state index in [9.17, 15) is 5.11 Å². The van der Waals surface area contributed by atoms with Crippen LogP contribution in [0.2, 0.25) is 0 Å². The zero-order valence-corrected chi connectivity index (χ0v) is 21.3. The molecule has 1 fully saturated rings. The van der Waals surface area contributed by atoms with Gasteiger partial charge in [0.25, 0.3) is 0 Å². The van der Waals surface area contributed by atoms with Crippen LogP contribution in [0.3, 0.4) is 0 Å². The third kappa shape index (κ3) is 4.52. The average Bonchev–Trinajstić information content (AvgIpc) is 3.61. The minimum absolute atomic E-state index is 0.0810. The predicted octanol–water partition coefficient (Wildman–Crippen LogP) is 5.43. The van der Waals surface area contributed by atoms with Crippen LogP contribution >= 0.6 is 27.3 Å². The van der Waals surface area contributed by atoms with Crippen molar-refractivity contribution in [3.63, 3.8) is 0 Å². The number of furan rings is 1. The zero-order valence-electron chi connectivity index (χ0n) is 18.9. The molecule has 0 unspecified atom stereocenters. The van der Waals surface area contributed by atoms with E-state index in [0.717, 1.165) is 47.6 Å². The van der Waals surface area contributed by atoms with Crippen molar-refractivity contribution in [2.45, 2.75) is 12.6 Å². The summed E-state index contributed by atoms with van der Waals surface area (Å²) in [6, 6.07) is 22.5. The Morgan fingerprint density at radius 1 is 0.971 bits per heavy atom. The van der Waals surface area contributed by atoms with Gasteiger partial charge in [0, 0.05) is 37.2 Å². The molecule has 0 radical (unpaired) electrons. The molecule has 7 nitrogen and oxygen atoms in total. The first-order chi connectivity index (χ1) is 17.2. The molecule has 0 bridgehead atoms. The Balaban J connectivity index is 1.29. The highest BCUT2D eigenvalue weighted by atomic mass is 79.9. The lowest BCUT2D eigenvalue weighted by atomic mass is 10.0. The molecule has 3 aromatic heterocycles. The van der Waals surface area contributed by atoms with Crippen LogP contribution in [0.15, 0.2) is 81.9 Å². The number of rotatable bonds is 6. The normalized spacial score (nSPS) is 16.1. The first-order valence-electron chi connectivity index (χ1n) is 11.5. The van der Waals surface area contributed by atoms with E-state index < -0.39 is 0 Å². The first-order valence-corrected chi connectivity index (χ1v) is 13.1. The van der Waals surface area contributed by atoms with Crippen LogP contribution in [0.4, 0.5) is 0 Å². The maximum Gasteiger partial charge on any atom is 0.230 e. The minimum atomic E-state index is -0.0810. The molecule has 9 heteroatoms. The summed E-state index contributed by atoms with van der Waals surface area (Å²) in [5.74, 6) is 1.19. The van der Waals surface area contributed by atoms with Gasteiger partial charge in [-0.05, 0) is 35.4 Å². The summed E-state index contributed by atoms with van der Waals surface area (Å²) in [5.41, 5.74) is 2.47. The lowest BCUT2D eigenvalue weighted by molar-refractivity contribution is 0.105. The maximum atomic E-state index is 11.3. The summed E-state index contributed by atoms with van der Waals surface area (Å²) in [7, 11) is 0. The Kier molecular flexibility index (Phi) is 6.15. The van der Waals surface area contributed by atoms with E-state index in [-0.39, 0.29) is 11.9 Å². The van der Waals surface area contributed by atoms with Gasteiger partial charge in [0.15, 0.2) is 5.76 Å². The Labute approximate surface area is 215 Å². The molecule has 1 aliphatic heterocycles. The lowest BCUT2D eigenvalue weighted by Crippen LogP contribution is -2.47. The molecule has 1 aliphatic rings. The van der Waals surface area contributed by atoms with Gasteiger partial charge in [0.1, 0.15) is 0 Å². The Morgan fingerprint density at radius 3 is 2.43 bits per heavy atom. The van der Waals surface area contributed by atoms with Crippen LogP contribution in [0.1, 0.15) is 22.0 Å². The number of halogens is 1. The van der Waals surface area contributed by atoms with Crippen LogP contribution in [-0.2, 0) is 6.54 Å². The zero-order chi connectivity index (χ0) is 23.8. The van der Waals surface area contributed by atoms with E-state index in [0.29, 0.717) is 16.5 Å². The fraction of sp³-hybridized carbons (Fsp3) is 0.231. The smallest absolute Gasteiger partial charge is 0.230 e. The molecule has 178 valence electrons. The van der Waals surface area contributed by atoms with Crippen molar-refractivity contribution in [1.29, 1.82) is 0 Å². The summed E-state index contributed by atoms with van der Waals surface area (Å²) in [4.78, 5) is 11.0. The molecule has 1 saturated heterocycles. The number of benzene rings is 2. The van der Waals surface area contributed by atoms with Crippen molar-refractivity contribution >= 4 is 32.2 Å². The number of nitrogens with zero attached hydrogens (tertiary/aromatic N) is 5. The molecule has 1 N–H and O–H groups in total. The summed E-state index contributed by atoms with van der Waals surface area (Å²) in [6.45, 7) is 4.68. The Hall–Kier alpha value is -2.98. The molecule has 6 rings (SSSR count). The third-order valence-corrected chi connectivity index (χ3v) is 8.00. The van der Waals surface area contributed by atoms with Gasteiger partial charge in [-0.1, -0.05) is 69.7 Å². The monoisotopic (exact) mass is 549 g/mol. The van der Waals surface area contributed by atoms with Crippen LogP contribution in [0, 0.1) is 0 Å². The highest BCUT2D eigenvalue weighted by molar-refractivity contribution is 9.10. The van der Waals surface area contributed by atoms with Gasteiger partial charge in [0.2, 0.25) is 16.7 Å². The van der Waals surface area contributed by atoms with Crippen molar-refractivity contribution < 1.29 is 9.52 Å². The second-order valence-electron chi connectivity index (χ2n) is 8.65. The number of aromatic hydroxyl groups is 1. The van der Waals surface area contributed by atoms with Crippen LogP contribution in [-0.4, -0.2) is 55.7 Å². The van der Waals surface area contributed by atoms with Gasteiger partial charge >= 0.3 is 0 Å². The van der Waals surface area contributed by atoms with Gasteiger partial charge in [-0.25, -0.2) is 0 Å². The standard InChI is InChI=1S/C26H24BrN5O2S/c27-20-10-8-19(9-11-20)22(31-14-12-30(13-15-31)17-18-5-2-1-3-6-18)23-25(33)32-26(35-23)28-24(29-32)21-7-4-16-34-21/h1-11,16,22,33H,12-15,17H2/t22-/m1/s1. The molecule has 0 aliphatic carbocycles. The van der Waals surface area contributed by atoms with E-state index in [1.807, 2.05) is 6.07 Å². The Morgan fingerprint density at radius 2 is 1.74 bits per heavy atom. The topological polar surface area (TPSA) is 70.0 Å². The quantitative estimate of drug-likeness (QED) is 0.304. The second-order valence-corrected chi connectivity index (χ2v) is 10.6. The fourth-order valence-electron chi connectivity index (χ4n) is 4.63. The summed E-state index contributed by atoms with van der Waals surface area (Å²) < 4.78 is 7.99. The van der Waals surface area contributed by atoms with E-state index in [4.69, 9.17) is 4.42 Å². The number of piperazine rings is 1. The first kappa shape index (κ1) is 22.5. The molecule has 1 atom stereocenters. The maximum absolute atomic E-state index is 11.3. The molecule has 0 saturated carbocycles. The summed E-state index contributed by atoms with van der Waals surface area (Å²) in [5, 5.41) is 15.8. The minimum Gasteiger partial charge on any atom is -0.492 e. The van der Waals surface area contributed by atoms with Crippen LogP contribution < -0.4 is 0 Å². The van der Waals surface area contributed by atoms with E-state index in [2.05, 4.69) is 90.4 Å². The van der Waals surface area contributed by atoms with Crippen molar-refractivity contribution in [2.75, 3.05) is 26.2 Å². The van der Waals surface area contributed by atoms with Gasteiger partial charge in [-0.3, -0.25) is 9.80 Å². The predicted molar refractivity (Wildman–Crippen MR) is 140 cm³/mol. The summed E-state index contributed by atoms with van der Waals surface area (Å²) in [6.07, 6.45) is 1.59. The van der Waals surface area contributed by atoms with E-state index >= 15 is 0 Å².